The van der Waals surface area contributed by atoms with Gasteiger partial charge in [0.25, 0.3) is 0 Å². The fourth-order valence-electron chi connectivity index (χ4n) is 2.35. The SMILES string of the molecule is CC(NC(=O)NCC(O)Cc1ccccc1)c1ccc(F)cc1F. The first-order valence-electron chi connectivity index (χ1n) is 7.67. The second kappa shape index (κ2) is 8.40. The van der Waals surface area contributed by atoms with E-state index in [0.29, 0.717) is 6.42 Å². The molecule has 2 rings (SSSR count). The number of nitrogens with one attached hydrogen (secondary N) is 2. The molecule has 0 heterocycles. The quantitative estimate of drug-likeness (QED) is 0.761. The van der Waals surface area contributed by atoms with E-state index in [1.807, 2.05) is 30.3 Å². The molecule has 2 aromatic carbocycles. The maximum Gasteiger partial charge on any atom is 0.315 e. The third kappa shape index (κ3) is 5.31. The highest BCUT2D eigenvalue weighted by atomic mass is 19.1. The van der Waals surface area contributed by atoms with Crippen molar-refractivity contribution in [2.24, 2.45) is 0 Å². The van der Waals surface area contributed by atoms with Gasteiger partial charge in [0.05, 0.1) is 12.1 Å². The Labute approximate surface area is 139 Å². The Hall–Kier alpha value is -2.47. The highest BCUT2D eigenvalue weighted by molar-refractivity contribution is 5.74. The van der Waals surface area contributed by atoms with Crippen LogP contribution in [-0.2, 0) is 6.42 Å². The molecule has 4 nitrogen and oxygen atoms in total. The zero-order valence-electron chi connectivity index (χ0n) is 13.3. The molecule has 2 atom stereocenters. The third-order valence-electron chi connectivity index (χ3n) is 3.59. The molecule has 0 fully saturated rings. The highest BCUT2D eigenvalue weighted by Crippen LogP contribution is 2.17. The molecule has 0 radical (unpaired) electrons. The van der Waals surface area contributed by atoms with E-state index in [4.69, 9.17) is 0 Å². The zero-order valence-corrected chi connectivity index (χ0v) is 13.3. The monoisotopic (exact) mass is 334 g/mol. The van der Waals surface area contributed by atoms with Crippen LogP contribution in [0.3, 0.4) is 0 Å². The first-order chi connectivity index (χ1) is 11.5. The summed E-state index contributed by atoms with van der Waals surface area (Å²) in [7, 11) is 0. The van der Waals surface area contributed by atoms with Gasteiger partial charge in [0.1, 0.15) is 11.6 Å². The first kappa shape index (κ1) is 17.9. The number of hydrogen-bond donors (Lipinski definition) is 3. The summed E-state index contributed by atoms with van der Waals surface area (Å²) in [4.78, 5) is 11.8. The Morgan fingerprint density at radius 2 is 1.88 bits per heavy atom. The van der Waals surface area contributed by atoms with Gasteiger partial charge in [-0.1, -0.05) is 36.4 Å². The summed E-state index contributed by atoms with van der Waals surface area (Å²) in [6, 6.07) is 11.5. The van der Waals surface area contributed by atoms with E-state index in [2.05, 4.69) is 10.6 Å². The normalized spacial score (nSPS) is 13.2. The smallest absolute Gasteiger partial charge is 0.315 e. The molecule has 0 bridgehead atoms. The number of carbonyl (C=O) groups is 1. The van der Waals surface area contributed by atoms with E-state index in [1.54, 1.807) is 6.92 Å². The average molecular weight is 334 g/mol. The molecule has 0 aliphatic carbocycles. The van der Waals surface area contributed by atoms with Crippen LogP contribution in [-0.4, -0.2) is 23.8 Å². The van der Waals surface area contributed by atoms with Crippen LogP contribution in [0.2, 0.25) is 0 Å². The molecule has 0 saturated carbocycles. The Balaban J connectivity index is 1.80. The fourth-order valence-corrected chi connectivity index (χ4v) is 2.35. The van der Waals surface area contributed by atoms with Crippen molar-refractivity contribution in [2.75, 3.05) is 6.54 Å². The predicted molar refractivity (Wildman–Crippen MR) is 87.5 cm³/mol. The van der Waals surface area contributed by atoms with Crippen molar-refractivity contribution in [3.63, 3.8) is 0 Å². The number of hydrogen-bond acceptors (Lipinski definition) is 2. The minimum atomic E-state index is -0.726. The van der Waals surface area contributed by atoms with Crippen LogP contribution in [0.15, 0.2) is 48.5 Å². The van der Waals surface area contributed by atoms with Gasteiger partial charge in [0, 0.05) is 24.6 Å². The molecular weight excluding hydrogens is 314 g/mol. The van der Waals surface area contributed by atoms with E-state index < -0.39 is 29.8 Å². The lowest BCUT2D eigenvalue weighted by molar-refractivity contribution is 0.170. The molecule has 24 heavy (non-hydrogen) atoms. The minimum absolute atomic E-state index is 0.0688. The third-order valence-corrected chi connectivity index (χ3v) is 3.59. The maximum absolute atomic E-state index is 13.7. The molecule has 0 aromatic heterocycles. The number of aliphatic hydroxyl groups excluding tert-OH is 1. The van der Waals surface area contributed by atoms with Crippen molar-refractivity contribution in [2.45, 2.75) is 25.5 Å². The molecule has 6 heteroatoms. The molecule has 0 aliphatic rings. The second-order valence-corrected chi connectivity index (χ2v) is 5.59. The molecule has 2 amide bonds. The summed E-state index contributed by atoms with van der Waals surface area (Å²) in [5.41, 5.74) is 1.16. The van der Waals surface area contributed by atoms with Crippen molar-refractivity contribution in [1.82, 2.24) is 10.6 Å². The van der Waals surface area contributed by atoms with Gasteiger partial charge in [-0.05, 0) is 18.6 Å². The molecular formula is C18H20F2N2O2. The molecule has 2 unspecified atom stereocenters. The number of amides is 2. The van der Waals surface area contributed by atoms with Crippen LogP contribution in [0.25, 0.3) is 0 Å². The fraction of sp³-hybridized carbons (Fsp3) is 0.278. The van der Waals surface area contributed by atoms with E-state index in [1.165, 1.54) is 6.07 Å². The van der Waals surface area contributed by atoms with Gasteiger partial charge in [-0.3, -0.25) is 0 Å². The van der Waals surface area contributed by atoms with Gasteiger partial charge < -0.3 is 15.7 Å². The lowest BCUT2D eigenvalue weighted by Crippen LogP contribution is -2.41. The Kier molecular flexibility index (Phi) is 6.26. The van der Waals surface area contributed by atoms with Crippen molar-refractivity contribution in [1.29, 1.82) is 0 Å². The number of urea groups is 1. The number of carbonyl (C=O) groups excluding carboxylic acids is 1. The Bertz CT molecular complexity index is 680. The van der Waals surface area contributed by atoms with Gasteiger partial charge in [-0.2, -0.15) is 0 Å². The summed E-state index contributed by atoms with van der Waals surface area (Å²) < 4.78 is 26.6. The van der Waals surface area contributed by atoms with E-state index in [9.17, 15) is 18.7 Å². The summed E-state index contributed by atoms with van der Waals surface area (Å²) in [5, 5.41) is 15.0. The van der Waals surface area contributed by atoms with Crippen molar-refractivity contribution < 1.29 is 18.7 Å². The molecule has 2 aromatic rings. The largest absolute Gasteiger partial charge is 0.391 e. The summed E-state index contributed by atoms with van der Waals surface area (Å²) in [6.07, 6.45) is -0.306. The van der Waals surface area contributed by atoms with Crippen LogP contribution in [0, 0.1) is 11.6 Å². The van der Waals surface area contributed by atoms with Crippen molar-refractivity contribution in [3.05, 3.63) is 71.3 Å². The van der Waals surface area contributed by atoms with Crippen LogP contribution in [0.1, 0.15) is 24.1 Å². The minimum Gasteiger partial charge on any atom is -0.391 e. The number of rotatable bonds is 6. The first-order valence-corrected chi connectivity index (χ1v) is 7.67. The van der Waals surface area contributed by atoms with Crippen molar-refractivity contribution >= 4 is 6.03 Å². The average Bonchev–Trinajstić information content (AvgIpc) is 2.53. The van der Waals surface area contributed by atoms with Crippen LogP contribution >= 0.6 is 0 Å². The lowest BCUT2D eigenvalue weighted by atomic mass is 10.1. The molecule has 128 valence electrons. The Morgan fingerprint density at radius 1 is 1.17 bits per heavy atom. The van der Waals surface area contributed by atoms with Gasteiger partial charge in [-0.15, -0.1) is 0 Å². The van der Waals surface area contributed by atoms with Crippen molar-refractivity contribution in [3.8, 4) is 0 Å². The van der Waals surface area contributed by atoms with E-state index in [0.717, 1.165) is 17.7 Å². The number of aliphatic hydroxyl groups is 1. The molecule has 0 spiro atoms. The maximum atomic E-state index is 13.7. The standard InChI is InChI=1S/C18H20F2N2O2/c1-12(16-8-7-14(19)10-17(16)20)22-18(24)21-11-15(23)9-13-5-3-2-4-6-13/h2-8,10,12,15,23H,9,11H2,1H3,(H2,21,22,24). The van der Waals surface area contributed by atoms with E-state index >= 15 is 0 Å². The van der Waals surface area contributed by atoms with Gasteiger partial charge in [-0.25, -0.2) is 13.6 Å². The molecule has 0 aliphatic heterocycles. The number of halogens is 2. The predicted octanol–water partition coefficient (Wildman–Crippen LogP) is 2.93. The summed E-state index contributed by atoms with van der Waals surface area (Å²) in [6.45, 7) is 1.66. The summed E-state index contributed by atoms with van der Waals surface area (Å²) in [5.74, 6) is -1.39. The summed E-state index contributed by atoms with van der Waals surface area (Å²) >= 11 is 0. The van der Waals surface area contributed by atoms with Gasteiger partial charge in [0.2, 0.25) is 0 Å². The van der Waals surface area contributed by atoms with Gasteiger partial charge in [0.15, 0.2) is 0 Å². The second-order valence-electron chi connectivity index (χ2n) is 5.59. The van der Waals surface area contributed by atoms with Crippen LogP contribution < -0.4 is 10.6 Å². The molecule has 0 saturated heterocycles. The van der Waals surface area contributed by atoms with Gasteiger partial charge >= 0.3 is 6.03 Å². The lowest BCUT2D eigenvalue weighted by Gasteiger charge is -2.17. The highest BCUT2D eigenvalue weighted by Gasteiger charge is 2.15. The topological polar surface area (TPSA) is 61.4 Å². The number of benzene rings is 2. The Morgan fingerprint density at radius 3 is 2.54 bits per heavy atom. The zero-order chi connectivity index (χ0) is 17.5. The molecule has 3 N–H and O–H groups in total. The van der Waals surface area contributed by atoms with Crippen LogP contribution in [0.4, 0.5) is 13.6 Å². The van der Waals surface area contributed by atoms with Crippen LogP contribution in [0.5, 0.6) is 0 Å². The van der Waals surface area contributed by atoms with E-state index in [-0.39, 0.29) is 12.1 Å².